The molecule has 1 aromatic carbocycles. The van der Waals surface area contributed by atoms with Crippen LogP contribution >= 0.6 is 23.2 Å². The van der Waals surface area contributed by atoms with Gasteiger partial charge in [-0.3, -0.25) is 0 Å². The summed E-state index contributed by atoms with van der Waals surface area (Å²) in [6.45, 7) is 4.25. The van der Waals surface area contributed by atoms with Gasteiger partial charge in [0.2, 0.25) is 0 Å². The van der Waals surface area contributed by atoms with Gasteiger partial charge in [0, 0.05) is 6.54 Å². The number of nitrogens with zero attached hydrogens (tertiary/aromatic N) is 3. The maximum Gasteiger partial charge on any atom is 0.0964 e. The van der Waals surface area contributed by atoms with Gasteiger partial charge in [0.25, 0.3) is 0 Å². The Morgan fingerprint density at radius 2 is 2.17 bits per heavy atom. The van der Waals surface area contributed by atoms with E-state index in [2.05, 4.69) is 22.6 Å². The molecule has 0 saturated carbocycles. The van der Waals surface area contributed by atoms with E-state index in [9.17, 15) is 0 Å². The number of rotatable bonds is 5. The number of nitrogens with one attached hydrogen (secondary N) is 1. The minimum absolute atomic E-state index is 0.558. The number of benzene rings is 1. The van der Waals surface area contributed by atoms with E-state index in [1.165, 1.54) is 0 Å². The minimum Gasteiger partial charge on any atom is -0.311 e. The SMILES string of the molecule is CCNCc1cn(Cc2cccc(Cl)c2Cl)nn1. The molecule has 4 nitrogen and oxygen atoms in total. The van der Waals surface area contributed by atoms with Crippen LogP contribution in [-0.4, -0.2) is 21.5 Å². The Kier molecular flexibility index (Phi) is 4.58. The lowest BCUT2D eigenvalue weighted by Crippen LogP contribution is -2.11. The third-order valence-electron chi connectivity index (χ3n) is 2.51. The predicted molar refractivity (Wildman–Crippen MR) is 73.0 cm³/mol. The van der Waals surface area contributed by atoms with Crippen molar-refractivity contribution in [1.82, 2.24) is 20.3 Å². The smallest absolute Gasteiger partial charge is 0.0964 e. The van der Waals surface area contributed by atoms with Crippen LogP contribution in [0, 0.1) is 0 Å². The molecule has 0 radical (unpaired) electrons. The normalized spacial score (nSPS) is 10.8. The molecular formula is C12H14Cl2N4. The van der Waals surface area contributed by atoms with E-state index >= 15 is 0 Å². The molecule has 0 amide bonds. The number of hydrogen-bond donors (Lipinski definition) is 1. The molecule has 0 fully saturated rings. The highest BCUT2D eigenvalue weighted by atomic mass is 35.5. The Balaban J connectivity index is 2.09. The van der Waals surface area contributed by atoms with E-state index in [0.717, 1.165) is 24.3 Å². The zero-order valence-corrected chi connectivity index (χ0v) is 11.5. The van der Waals surface area contributed by atoms with E-state index in [4.69, 9.17) is 23.2 Å². The fraction of sp³-hybridized carbons (Fsp3) is 0.333. The lowest BCUT2D eigenvalue weighted by Gasteiger charge is -2.04. The molecule has 96 valence electrons. The third-order valence-corrected chi connectivity index (χ3v) is 3.36. The molecule has 0 aliphatic rings. The summed E-state index contributed by atoms with van der Waals surface area (Å²) in [7, 11) is 0. The van der Waals surface area contributed by atoms with Crippen molar-refractivity contribution in [2.75, 3.05) is 6.54 Å². The lowest BCUT2D eigenvalue weighted by molar-refractivity contribution is 0.648. The summed E-state index contributed by atoms with van der Waals surface area (Å²) in [5, 5.41) is 12.5. The van der Waals surface area contributed by atoms with Gasteiger partial charge < -0.3 is 5.32 Å². The Morgan fingerprint density at radius 1 is 1.33 bits per heavy atom. The maximum absolute atomic E-state index is 6.13. The molecule has 1 N–H and O–H groups in total. The molecule has 2 aromatic rings. The van der Waals surface area contributed by atoms with Gasteiger partial charge in [-0.15, -0.1) is 5.10 Å². The molecule has 0 spiro atoms. The van der Waals surface area contributed by atoms with E-state index < -0.39 is 0 Å². The van der Waals surface area contributed by atoms with Crippen LogP contribution in [0.1, 0.15) is 18.2 Å². The molecule has 2 rings (SSSR count). The fourth-order valence-corrected chi connectivity index (χ4v) is 1.97. The summed E-state index contributed by atoms with van der Waals surface area (Å²) in [6, 6.07) is 5.57. The van der Waals surface area contributed by atoms with Gasteiger partial charge in [0.15, 0.2) is 0 Å². The summed E-state index contributed by atoms with van der Waals surface area (Å²) in [5.41, 5.74) is 1.85. The summed E-state index contributed by atoms with van der Waals surface area (Å²) in [6.07, 6.45) is 1.90. The zero-order valence-electron chi connectivity index (χ0n) is 10.0. The van der Waals surface area contributed by atoms with Crippen molar-refractivity contribution >= 4 is 23.2 Å². The van der Waals surface area contributed by atoms with Crippen LogP contribution in [0.3, 0.4) is 0 Å². The predicted octanol–water partition coefficient (Wildman–Crippen LogP) is 2.74. The van der Waals surface area contributed by atoms with Gasteiger partial charge in [-0.2, -0.15) is 0 Å². The highest BCUT2D eigenvalue weighted by Gasteiger charge is 2.06. The second-order valence-electron chi connectivity index (χ2n) is 3.90. The average molecular weight is 285 g/mol. The molecule has 1 aromatic heterocycles. The standard InChI is InChI=1S/C12H14Cl2N4/c1-2-15-6-10-8-18(17-16-10)7-9-4-3-5-11(13)12(9)14/h3-5,8,15H,2,6-7H2,1H3. The van der Waals surface area contributed by atoms with Crippen LogP contribution in [-0.2, 0) is 13.1 Å². The molecule has 0 saturated heterocycles. The summed E-state index contributed by atoms with van der Waals surface area (Å²) >= 11 is 12.1. The van der Waals surface area contributed by atoms with Crippen LogP contribution < -0.4 is 5.32 Å². The van der Waals surface area contributed by atoms with Gasteiger partial charge in [0.1, 0.15) is 0 Å². The average Bonchev–Trinajstić information content (AvgIpc) is 2.80. The second-order valence-corrected chi connectivity index (χ2v) is 4.69. The van der Waals surface area contributed by atoms with Crippen LogP contribution in [0.2, 0.25) is 10.0 Å². The molecular weight excluding hydrogens is 271 g/mol. The van der Waals surface area contributed by atoms with Crippen molar-refractivity contribution in [2.45, 2.75) is 20.0 Å². The Bertz CT molecular complexity index is 525. The van der Waals surface area contributed by atoms with E-state index in [0.29, 0.717) is 16.6 Å². The largest absolute Gasteiger partial charge is 0.311 e. The first-order valence-corrected chi connectivity index (χ1v) is 6.49. The highest BCUT2D eigenvalue weighted by Crippen LogP contribution is 2.25. The summed E-state index contributed by atoms with van der Waals surface area (Å²) in [4.78, 5) is 0. The Labute approximate surface area is 116 Å². The van der Waals surface area contributed by atoms with Crippen LogP contribution in [0.25, 0.3) is 0 Å². The quantitative estimate of drug-likeness (QED) is 0.918. The van der Waals surface area contributed by atoms with E-state index in [-0.39, 0.29) is 0 Å². The van der Waals surface area contributed by atoms with Crippen LogP contribution in [0.15, 0.2) is 24.4 Å². The van der Waals surface area contributed by atoms with E-state index in [1.807, 2.05) is 18.3 Å². The van der Waals surface area contributed by atoms with Gasteiger partial charge in [-0.25, -0.2) is 4.68 Å². The molecule has 0 unspecified atom stereocenters. The molecule has 0 bridgehead atoms. The first kappa shape index (κ1) is 13.3. The van der Waals surface area contributed by atoms with Gasteiger partial charge in [-0.05, 0) is 18.2 Å². The van der Waals surface area contributed by atoms with Crippen molar-refractivity contribution < 1.29 is 0 Å². The van der Waals surface area contributed by atoms with Crippen molar-refractivity contribution in [3.8, 4) is 0 Å². The topological polar surface area (TPSA) is 42.7 Å². The van der Waals surface area contributed by atoms with Crippen molar-refractivity contribution in [2.24, 2.45) is 0 Å². The summed E-state index contributed by atoms with van der Waals surface area (Å²) < 4.78 is 1.75. The fourth-order valence-electron chi connectivity index (χ4n) is 1.59. The van der Waals surface area contributed by atoms with Crippen LogP contribution in [0.5, 0.6) is 0 Å². The highest BCUT2D eigenvalue weighted by molar-refractivity contribution is 6.42. The summed E-state index contributed by atoms with van der Waals surface area (Å²) in [5.74, 6) is 0. The zero-order chi connectivity index (χ0) is 13.0. The van der Waals surface area contributed by atoms with Crippen molar-refractivity contribution in [3.05, 3.63) is 45.7 Å². The minimum atomic E-state index is 0.558. The second kappa shape index (κ2) is 6.18. The first-order chi connectivity index (χ1) is 8.70. The molecule has 6 heteroatoms. The molecule has 0 aliphatic carbocycles. The first-order valence-electron chi connectivity index (χ1n) is 5.73. The van der Waals surface area contributed by atoms with Crippen LogP contribution in [0.4, 0.5) is 0 Å². The lowest BCUT2D eigenvalue weighted by atomic mass is 10.2. The Hall–Kier alpha value is -1.10. The monoisotopic (exact) mass is 284 g/mol. The van der Waals surface area contributed by atoms with Crippen molar-refractivity contribution in [1.29, 1.82) is 0 Å². The molecule has 18 heavy (non-hydrogen) atoms. The molecule has 1 heterocycles. The number of aromatic nitrogens is 3. The molecule has 0 aliphatic heterocycles. The van der Waals surface area contributed by atoms with E-state index in [1.54, 1.807) is 10.7 Å². The number of halogens is 2. The molecule has 0 atom stereocenters. The number of hydrogen-bond acceptors (Lipinski definition) is 3. The Morgan fingerprint density at radius 3 is 2.94 bits per heavy atom. The van der Waals surface area contributed by atoms with Gasteiger partial charge in [-0.1, -0.05) is 47.5 Å². The van der Waals surface area contributed by atoms with Gasteiger partial charge in [0.05, 0.1) is 28.5 Å². The van der Waals surface area contributed by atoms with Gasteiger partial charge >= 0.3 is 0 Å². The van der Waals surface area contributed by atoms with Crippen molar-refractivity contribution in [3.63, 3.8) is 0 Å². The third kappa shape index (κ3) is 3.22. The maximum atomic E-state index is 6.13.